The van der Waals surface area contributed by atoms with Crippen molar-refractivity contribution in [1.29, 1.82) is 0 Å². The Balaban J connectivity index is 1.39. The Morgan fingerprint density at radius 2 is 1.51 bits per heavy atom. The van der Waals surface area contributed by atoms with Gasteiger partial charge >= 0.3 is 5.97 Å². The van der Waals surface area contributed by atoms with Crippen LogP contribution in [0.3, 0.4) is 0 Å². The van der Waals surface area contributed by atoms with Gasteiger partial charge in [0, 0.05) is 5.92 Å². The molecule has 1 heterocycles. The maximum Gasteiger partial charge on any atom is 0.338 e. The van der Waals surface area contributed by atoms with E-state index < -0.39 is 22.1 Å². The lowest BCUT2D eigenvalue weighted by Crippen LogP contribution is -2.50. The molecule has 3 aromatic carbocycles. The van der Waals surface area contributed by atoms with Crippen molar-refractivity contribution in [3.63, 3.8) is 0 Å². The summed E-state index contributed by atoms with van der Waals surface area (Å²) in [6.45, 7) is 2.41. The maximum atomic E-state index is 13.9. The van der Waals surface area contributed by atoms with Gasteiger partial charge < -0.3 is 4.74 Å². The van der Waals surface area contributed by atoms with Gasteiger partial charge in [-0.3, -0.25) is 9.59 Å². The lowest BCUT2D eigenvalue weighted by molar-refractivity contribution is -0.122. The number of hydrogen-bond acceptors (Lipinski definition) is 4. The van der Waals surface area contributed by atoms with Gasteiger partial charge in [0.25, 0.3) is 0 Å². The number of hydrogen-bond donors (Lipinski definition) is 0. The molecule has 3 aromatic rings. The molecule has 35 heavy (non-hydrogen) atoms. The molecule has 7 rings (SSSR count). The molecule has 1 fully saturated rings. The van der Waals surface area contributed by atoms with Crippen LogP contribution in [0.4, 0.5) is 5.69 Å². The molecule has 3 aliphatic carbocycles. The molecule has 0 aromatic heterocycles. The van der Waals surface area contributed by atoms with Crippen LogP contribution in [0.25, 0.3) is 0 Å². The fourth-order valence-electron chi connectivity index (χ4n) is 6.07. The Kier molecular flexibility index (Phi) is 5.18. The van der Waals surface area contributed by atoms with Gasteiger partial charge in [0.05, 0.1) is 34.0 Å². The van der Waals surface area contributed by atoms with E-state index in [0.29, 0.717) is 17.9 Å². The van der Waals surface area contributed by atoms with Crippen LogP contribution in [0.1, 0.15) is 58.3 Å². The van der Waals surface area contributed by atoms with Crippen LogP contribution < -0.4 is 4.90 Å². The van der Waals surface area contributed by atoms with Crippen LogP contribution in [0.5, 0.6) is 0 Å². The van der Waals surface area contributed by atoms with E-state index in [1.165, 1.54) is 4.90 Å². The summed E-state index contributed by atoms with van der Waals surface area (Å²) in [5.74, 6) is -2.05. The Hall–Kier alpha value is -3.25. The standard InChI is InChI=1S/C29H24BrNO4/c1-2-3-16-35-28(34)17-12-14-18(15-13-17)31-26(32)24-23-19-8-4-6-10-21(19)29(30,25(24)27(31)33)22-11-7-5-9-20(22)23/h4-15,23-25H,2-3,16H2,1H3/t23?,24-,25-,29?/m0/s1. The number of imide groups is 1. The first-order valence-corrected chi connectivity index (χ1v) is 12.8. The van der Waals surface area contributed by atoms with Crippen molar-refractivity contribution in [2.75, 3.05) is 11.5 Å². The van der Waals surface area contributed by atoms with Gasteiger partial charge in [0.15, 0.2) is 0 Å². The zero-order valence-electron chi connectivity index (χ0n) is 19.2. The smallest absolute Gasteiger partial charge is 0.338 e. The second-order valence-corrected chi connectivity index (χ2v) is 10.7. The van der Waals surface area contributed by atoms with Gasteiger partial charge in [-0.05, 0) is 52.9 Å². The van der Waals surface area contributed by atoms with E-state index in [2.05, 4.69) is 40.2 Å². The molecule has 2 bridgehead atoms. The second-order valence-electron chi connectivity index (χ2n) is 9.42. The summed E-state index contributed by atoms with van der Waals surface area (Å²) in [5.41, 5.74) is 5.17. The number of halogens is 1. The molecule has 1 aliphatic heterocycles. The van der Waals surface area contributed by atoms with E-state index in [4.69, 9.17) is 4.74 Å². The number of rotatable bonds is 5. The van der Waals surface area contributed by atoms with Crippen LogP contribution >= 0.6 is 15.9 Å². The van der Waals surface area contributed by atoms with E-state index in [0.717, 1.165) is 35.1 Å². The molecule has 0 spiro atoms. The topological polar surface area (TPSA) is 63.7 Å². The molecule has 2 amide bonds. The predicted octanol–water partition coefficient (Wildman–Crippen LogP) is 5.55. The van der Waals surface area contributed by atoms with Crippen LogP contribution in [-0.4, -0.2) is 24.4 Å². The highest BCUT2D eigenvalue weighted by Gasteiger charge is 2.67. The van der Waals surface area contributed by atoms with Crippen LogP contribution in [0.15, 0.2) is 72.8 Å². The molecule has 176 valence electrons. The van der Waals surface area contributed by atoms with Gasteiger partial charge in [0.1, 0.15) is 0 Å². The van der Waals surface area contributed by atoms with Gasteiger partial charge in [0.2, 0.25) is 11.8 Å². The summed E-state index contributed by atoms with van der Waals surface area (Å²) in [6.07, 6.45) is 1.75. The Bertz CT molecular complexity index is 1320. The Morgan fingerprint density at radius 1 is 0.914 bits per heavy atom. The molecule has 0 N–H and O–H groups in total. The van der Waals surface area contributed by atoms with Crippen molar-refractivity contribution in [2.24, 2.45) is 11.8 Å². The number of unbranched alkanes of at least 4 members (excludes halogenated alkanes) is 1. The van der Waals surface area contributed by atoms with E-state index in [1.807, 2.05) is 31.2 Å². The fraction of sp³-hybridized carbons (Fsp3) is 0.276. The van der Waals surface area contributed by atoms with Gasteiger partial charge in [-0.1, -0.05) is 77.8 Å². The van der Waals surface area contributed by atoms with Crippen molar-refractivity contribution in [3.05, 3.63) is 101 Å². The first kappa shape index (κ1) is 22.2. The van der Waals surface area contributed by atoms with Crippen LogP contribution in [-0.2, 0) is 18.7 Å². The molecule has 1 saturated heterocycles. The lowest BCUT2D eigenvalue weighted by atomic mass is 9.55. The Labute approximate surface area is 212 Å². The number of carbonyl (C=O) groups is 3. The predicted molar refractivity (Wildman–Crippen MR) is 136 cm³/mol. The number of benzene rings is 3. The summed E-state index contributed by atoms with van der Waals surface area (Å²) in [4.78, 5) is 41.4. The molecule has 0 radical (unpaired) electrons. The van der Waals surface area contributed by atoms with Crippen molar-refractivity contribution in [1.82, 2.24) is 0 Å². The number of anilines is 1. The van der Waals surface area contributed by atoms with Crippen molar-refractivity contribution in [2.45, 2.75) is 30.0 Å². The molecule has 2 atom stereocenters. The number of amides is 2. The molecule has 6 heteroatoms. The number of ether oxygens (including phenoxy) is 1. The lowest BCUT2D eigenvalue weighted by Gasteiger charge is -2.51. The number of esters is 1. The molecular weight excluding hydrogens is 506 g/mol. The van der Waals surface area contributed by atoms with Crippen molar-refractivity contribution >= 4 is 39.4 Å². The average molecular weight is 530 g/mol. The highest BCUT2D eigenvalue weighted by molar-refractivity contribution is 9.09. The zero-order valence-corrected chi connectivity index (χ0v) is 20.8. The first-order valence-electron chi connectivity index (χ1n) is 12.0. The summed E-state index contributed by atoms with van der Waals surface area (Å²) >= 11 is 4.00. The minimum absolute atomic E-state index is 0.180. The SMILES string of the molecule is CCCCOC(=O)c1ccc(N2C(=O)[C@@H]3[C@@H](C2=O)C2c4ccccc4C3(Br)c3ccccc32)cc1. The third kappa shape index (κ3) is 3.02. The monoisotopic (exact) mass is 529 g/mol. The second kappa shape index (κ2) is 8.16. The van der Waals surface area contributed by atoms with Gasteiger partial charge in [-0.25, -0.2) is 9.69 Å². The summed E-state index contributed by atoms with van der Waals surface area (Å²) in [5, 5.41) is 0. The summed E-state index contributed by atoms with van der Waals surface area (Å²) in [7, 11) is 0. The van der Waals surface area contributed by atoms with Crippen LogP contribution in [0, 0.1) is 11.8 Å². The highest BCUT2D eigenvalue weighted by Crippen LogP contribution is 2.66. The third-order valence-corrected chi connectivity index (χ3v) is 8.95. The van der Waals surface area contributed by atoms with Crippen molar-refractivity contribution < 1.29 is 19.1 Å². The third-order valence-electron chi connectivity index (χ3n) is 7.61. The molecule has 0 unspecified atom stereocenters. The molecular formula is C29H24BrNO4. The van der Waals surface area contributed by atoms with Crippen molar-refractivity contribution in [3.8, 4) is 0 Å². The normalized spacial score (nSPS) is 25.8. The number of alkyl halides is 1. The van der Waals surface area contributed by atoms with E-state index >= 15 is 0 Å². The summed E-state index contributed by atoms with van der Waals surface area (Å²) < 4.78 is 4.51. The van der Waals surface area contributed by atoms with Gasteiger partial charge in [-0.15, -0.1) is 0 Å². The molecule has 0 saturated carbocycles. The largest absolute Gasteiger partial charge is 0.462 e. The van der Waals surface area contributed by atoms with Gasteiger partial charge in [-0.2, -0.15) is 0 Å². The summed E-state index contributed by atoms with van der Waals surface area (Å²) in [6, 6.07) is 22.8. The molecule has 4 aliphatic rings. The minimum atomic E-state index is -0.774. The number of nitrogens with zero attached hydrogens (tertiary/aromatic N) is 1. The minimum Gasteiger partial charge on any atom is -0.462 e. The van der Waals surface area contributed by atoms with Crippen LogP contribution in [0.2, 0.25) is 0 Å². The average Bonchev–Trinajstić information content (AvgIpc) is 3.16. The van der Waals surface area contributed by atoms with E-state index in [1.54, 1.807) is 24.3 Å². The maximum absolute atomic E-state index is 13.9. The quantitative estimate of drug-likeness (QED) is 0.188. The van der Waals surface area contributed by atoms with E-state index in [-0.39, 0.29) is 17.7 Å². The number of carbonyl (C=O) groups excluding carboxylic acids is 3. The fourth-order valence-corrected chi connectivity index (χ4v) is 7.28. The highest BCUT2D eigenvalue weighted by atomic mass is 79.9. The van der Waals surface area contributed by atoms with E-state index in [9.17, 15) is 14.4 Å². The Morgan fingerprint density at radius 3 is 2.11 bits per heavy atom. The molecule has 5 nitrogen and oxygen atoms in total. The first-order chi connectivity index (χ1) is 17.0. The zero-order chi connectivity index (χ0) is 24.3.